The van der Waals surface area contributed by atoms with E-state index in [2.05, 4.69) is 5.10 Å². The molecular formula is C14H16N2O3. The molecule has 0 saturated heterocycles. The van der Waals surface area contributed by atoms with Crippen LogP contribution in [0, 0.1) is 0 Å². The number of aromatic nitrogens is 2. The molecule has 5 heteroatoms. The third-order valence-corrected chi connectivity index (χ3v) is 2.85. The van der Waals surface area contributed by atoms with Gasteiger partial charge in [0.1, 0.15) is 17.0 Å². The topological polar surface area (TPSA) is 64.3 Å². The number of hydrogen-bond acceptors (Lipinski definition) is 3. The van der Waals surface area contributed by atoms with Crippen LogP contribution in [0.15, 0.2) is 30.5 Å². The summed E-state index contributed by atoms with van der Waals surface area (Å²) in [7, 11) is 1.57. The van der Waals surface area contributed by atoms with Crippen molar-refractivity contribution in [2.45, 2.75) is 19.8 Å². The third-order valence-electron chi connectivity index (χ3n) is 2.85. The van der Waals surface area contributed by atoms with Gasteiger partial charge in [-0.15, -0.1) is 0 Å². The van der Waals surface area contributed by atoms with E-state index in [1.807, 2.05) is 38.1 Å². The molecule has 1 aromatic heterocycles. The number of carbonyl (C=O) groups is 1. The highest BCUT2D eigenvalue weighted by Crippen LogP contribution is 2.25. The first-order valence-electron chi connectivity index (χ1n) is 6.00. The highest BCUT2D eigenvalue weighted by Gasteiger charge is 2.19. The summed E-state index contributed by atoms with van der Waals surface area (Å²) in [6.07, 6.45) is 1.52. The van der Waals surface area contributed by atoms with Crippen LogP contribution >= 0.6 is 0 Å². The number of hydrogen-bond donors (Lipinski definition) is 1. The second-order valence-corrected chi connectivity index (χ2v) is 4.50. The van der Waals surface area contributed by atoms with Crippen LogP contribution in [0.2, 0.25) is 0 Å². The zero-order valence-electron chi connectivity index (χ0n) is 11.1. The summed E-state index contributed by atoms with van der Waals surface area (Å²) in [6.45, 7) is 3.84. The van der Waals surface area contributed by atoms with Gasteiger partial charge < -0.3 is 9.84 Å². The van der Waals surface area contributed by atoms with Gasteiger partial charge >= 0.3 is 5.97 Å². The Balaban J connectivity index is 2.57. The van der Waals surface area contributed by atoms with E-state index in [4.69, 9.17) is 4.74 Å². The number of para-hydroxylation sites is 2. The summed E-state index contributed by atoms with van der Waals surface area (Å²) in [5.41, 5.74) is 1.51. The Labute approximate surface area is 111 Å². The largest absolute Gasteiger partial charge is 0.494 e. The average Bonchev–Trinajstić information content (AvgIpc) is 2.84. The van der Waals surface area contributed by atoms with Crippen molar-refractivity contribution < 1.29 is 14.6 Å². The number of methoxy groups -OCH3 is 1. The van der Waals surface area contributed by atoms with E-state index < -0.39 is 5.97 Å². The number of carboxylic acid groups (broad SMARTS) is 1. The minimum atomic E-state index is -0.968. The van der Waals surface area contributed by atoms with Gasteiger partial charge in [0.25, 0.3) is 0 Å². The van der Waals surface area contributed by atoms with Crippen molar-refractivity contribution in [2.24, 2.45) is 0 Å². The number of rotatable bonds is 4. The quantitative estimate of drug-likeness (QED) is 0.918. The van der Waals surface area contributed by atoms with Crippen molar-refractivity contribution in [3.8, 4) is 11.4 Å². The normalized spacial score (nSPS) is 10.7. The Kier molecular flexibility index (Phi) is 3.55. The van der Waals surface area contributed by atoms with Crippen LogP contribution in [0.3, 0.4) is 0 Å². The molecule has 0 aliphatic carbocycles. The average molecular weight is 260 g/mol. The minimum Gasteiger partial charge on any atom is -0.494 e. The molecule has 0 fully saturated rings. The number of carboxylic acids is 1. The van der Waals surface area contributed by atoms with E-state index in [1.165, 1.54) is 6.20 Å². The van der Waals surface area contributed by atoms with Crippen molar-refractivity contribution in [2.75, 3.05) is 7.11 Å². The van der Waals surface area contributed by atoms with Gasteiger partial charge in [0, 0.05) is 6.20 Å². The van der Waals surface area contributed by atoms with Crippen LogP contribution in [0.1, 0.15) is 35.8 Å². The van der Waals surface area contributed by atoms with Crippen LogP contribution in [0.5, 0.6) is 5.75 Å². The fourth-order valence-corrected chi connectivity index (χ4v) is 1.92. The molecule has 0 atom stereocenters. The van der Waals surface area contributed by atoms with E-state index in [-0.39, 0.29) is 11.5 Å². The second-order valence-electron chi connectivity index (χ2n) is 4.50. The van der Waals surface area contributed by atoms with Crippen LogP contribution in [0.25, 0.3) is 5.69 Å². The molecule has 19 heavy (non-hydrogen) atoms. The maximum absolute atomic E-state index is 11.2. The lowest BCUT2D eigenvalue weighted by atomic mass is 10.1. The molecular weight excluding hydrogens is 244 g/mol. The lowest BCUT2D eigenvalue weighted by molar-refractivity contribution is 0.0695. The molecule has 0 saturated carbocycles. The number of benzene rings is 1. The SMILES string of the molecule is COc1ccccc1-n1cc(C(=O)O)c(C(C)C)n1. The van der Waals surface area contributed by atoms with Gasteiger partial charge in [-0.25, -0.2) is 9.48 Å². The summed E-state index contributed by atoms with van der Waals surface area (Å²) < 4.78 is 6.81. The lowest BCUT2D eigenvalue weighted by Gasteiger charge is -2.07. The van der Waals surface area contributed by atoms with Crippen LogP contribution in [-0.2, 0) is 0 Å². The number of aromatic carboxylic acids is 1. The van der Waals surface area contributed by atoms with Gasteiger partial charge in [0.05, 0.1) is 12.8 Å². The Bertz CT molecular complexity index is 602. The van der Waals surface area contributed by atoms with Crippen molar-refractivity contribution in [1.82, 2.24) is 9.78 Å². The Morgan fingerprint density at radius 1 is 1.37 bits per heavy atom. The Morgan fingerprint density at radius 3 is 2.58 bits per heavy atom. The summed E-state index contributed by atoms with van der Waals surface area (Å²) in [6, 6.07) is 7.36. The fraction of sp³-hybridized carbons (Fsp3) is 0.286. The molecule has 1 N–H and O–H groups in total. The molecule has 0 radical (unpaired) electrons. The molecule has 1 heterocycles. The summed E-state index contributed by atoms with van der Waals surface area (Å²) in [5, 5.41) is 13.6. The predicted octanol–water partition coefficient (Wildman–Crippen LogP) is 2.70. The smallest absolute Gasteiger partial charge is 0.339 e. The monoisotopic (exact) mass is 260 g/mol. The molecule has 0 amide bonds. The second kappa shape index (κ2) is 5.14. The van der Waals surface area contributed by atoms with Gasteiger partial charge in [-0.05, 0) is 18.1 Å². The predicted molar refractivity (Wildman–Crippen MR) is 71.2 cm³/mol. The minimum absolute atomic E-state index is 0.0436. The first kappa shape index (κ1) is 13.1. The molecule has 0 spiro atoms. The van der Waals surface area contributed by atoms with E-state index in [1.54, 1.807) is 11.8 Å². The number of nitrogens with zero attached hydrogens (tertiary/aromatic N) is 2. The molecule has 2 aromatic rings. The molecule has 5 nitrogen and oxygen atoms in total. The maximum Gasteiger partial charge on any atom is 0.339 e. The van der Waals surface area contributed by atoms with Crippen molar-refractivity contribution >= 4 is 5.97 Å². The van der Waals surface area contributed by atoms with Gasteiger partial charge in [0.15, 0.2) is 0 Å². The van der Waals surface area contributed by atoms with Crippen molar-refractivity contribution in [1.29, 1.82) is 0 Å². The van der Waals surface area contributed by atoms with E-state index in [0.29, 0.717) is 11.4 Å². The first-order chi connectivity index (χ1) is 9.04. The molecule has 100 valence electrons. The molecule has 2 rings (SSSR count). The molecule has 0 bridgehead atoms. The van der Waals surface area contributed by atoms with Gasteiger partial charge in [-0.3, -0.25) is 0 Å². The lowest BCUT2D eigenvalue weighted by Crippen LogP contribution is -2.01. The Hall–Kier alpha value is -2.30. The number of ether oxygens (including phenoxy) is 1. The van der Waals surface area contributed by atoms with Gasteiger partial charge in [-0.2, -0.15) is 5.10 Å². The van der Waals surface area contributed by atoms with E-state index in [9.17, 15) is 9.90 Å². The first-order valence-corrected chi connectivity index (χ1v) is 6.00. The summed E-state index contributed by atoms with van der Waals surface area (Å²) >= 11 is 0. The van der Waals surface area contributed by atoms with E-state index >= 15 is 0 Å². The maximum atomic E-state index is 11.2. The summed E-state index contributed by atoms with van der Waals surface area (Å²) in [4.78, 5) is 11.2. The van der Waals surface area contributed by atoms with E-state index in [0.717, 1.165) is 5.69 Å². The van der Waals surface area contributed by atoms with Crippen LogP contribution < -0.4 is 4.74 Å². The van der Waals surface area contributed by atoms with Gasteiger partial charge in [0.2, 0.25) is 0 Å². The van der Waals surface area contributed by atoms with Crippen molar-refractivity contribution in [3.63, 3.8) is 0 Å². The molecule has 0 unspecified atom stereocenters. The Morgan fingerprint density at radius 2 is 2.05 bits per heavy atom. The highest BCUT2D eigenvalue weighted by atomic mass is 16.5. The van der Waals surface area contributed by atoms with Crippen LogP contribution in [0.4, 0.5) is 0 Å². The molecule has 0 aliphatic heterocycles. The van der Waals surface area contributed by atoms with Gasteiger partial charge in [-0.1, -0.05) is 26.0 Å². The summed E-state index contributed by atoms with van der Waals surface area (Å²) in [5.74, 6) is -0.274. The fourth-order valence-electron chi connectivity index (χ4n) is 1.92. The zero-order valence-corrected chi connectivity index (χ0v) is 11.1. The standard InChI is InChI=1S/C14H16N2O3/c1-9(2)13-10(14(17)18)8-16(15-13)11-6-4-5-7-12(11)19-3/h4-9H,1-3H3,(H,17,18). The highest BCUT2D eigenvalue weighted by molar-refractivity contribution is 5.89. The zero-order chi connectivity index (χ0) is 14.0. The van der Waals surface area contributed by atoms with Crippen molar-refractivity contribution in [3.05, 3.63) is 41.7 Å². The molecule has 1 aromatic carbocycles. The third kappa shape index (κ3) is 2.45. The molecule has 0 aliphatic rings. The van der Waals surface area contributed by atoms with Crippen LogP contribution in [-0.4, -0.2) is 28.0 Å².